The molecule has 54 valence electrons. The molecule has 2 radical (unpaired) electrons. The highest BCUT2D eigenvalue weighted by molar-refractivity contribution is 6.05. The standard InChI is InChI=1S/C6H10BNO2/c1-5(10)2-3-6(4-9)8-7/h4,6,8H,2-3H2,1H3/t6-/m0/s1. The van der Waals surface area contributed by atoms with E-state index in [0.29, 0.717) is 19.1 Å². The lowest BCUT2D eigenvalue weighted by atomic mass is 10.1. The summed E-state index contributed by atoms with van der Waals surface area (Å²) in [5.41, 5.74) is 0. The molecule has 0 saturated carbocycles. The fourth-order valence-electron chi connectivity index (χ4n) is 0.549. The Labute approximate surface area is 61.6 Å². The highest BCUT2D eigenvalue weighted by Crippen LogP contribution is 1.93. The van der Waals surface area contributed by atoms with Gasteiger partial charge in [-0.2, -0.15) is 0 Å². The van der Waals surface area contributed by atoms with Crippen LogP contribution in [0, 0.1) is 0 Å². The molecule has 0 aromatic rings. The van der Waals surface area contributed by atoms with Crippen LogP contribution in [0.15, 0.2) is 0 Å². The van der Waals surface area contributed by atoms with Crippen LogP contribution in [0.4, 0.5) is 0 Å². The quantitative estimate of drug-likeness (QED) is 0.416. The lowest BCUT2D eigenvalue weighted by molar-refractivity contribution is -0.117. The molecule has 0 aromatic carbocycles. The molecular formula is C6H10BNO2. The molecule has 10 heavy (non-hydrogen) atoms. The van der Waals surface area contributed by atoms with E-state index in [1.807, 2.05) is 0 Å². The van der Waals surface area contributed by atoms with Crippen LogP contribution in [0.3, 0.4) is 0 Å². The van der Waals surface area contributed by atoms with Gasteiger partial charge in [-0.25, -0.2) is 0 Å². The summed E-state index contributed by atoms with van der Waals surface area (Å²) in [5.74, 6) is 0.0714. The molecule has 0 aliphatic carbocycles. The molecule has 1 atom stereocenters. The van der Waals surface area contributed by atoms with Crippen molar-refractivity contribution in [2.24, 2.45) is 0 Å². The van der Waals surface area contributed by atoms with Crippen molar-refractivity contribution < 1.29 is 9.59 Å². The molecule has 0 bridgehead atoms. The molecular weight excluding hydrogens is 129 g/mol. The molecule has 0 aliphatic heterocycles. The molecule has 0 unspecified atom stereocenters. The van der Waals surface area contributed by atoms with E-state index in [9.17, 15) is 9.59 Å². The summed E-state index contributed by atoms with van der Waals surface area (Å²) in [6.07, 6.45) is 1.58. The number of carbonyl (C=O) groups excluding carboxylic acids is 2. The summed E-state index contributed by atoms with van der Waals surface area (Å²) in [7, 11) is 4.98. The summed E-state index contributed by atoms with van der Waals surface area (Å²) in [4.78, 5) is 20.5. The van der Waals surface area contributed by atoms with Gasteiger partial charge >= 0.3 is 0 Å². The van der Waals surface area contributed by atoms with Gasteiger partial charge in [0.25, 0.3) is 0 Å². The van der Waals surface area contributed by atoms with Gasteiger partial charge in [0.05, 0.1) is 6.04 Å². The Hall–Kier alpha value is -0.635. The van der Waals surface area contributed by atoms with Crippen molar-refractivity contribution in [1.29, 1.82) is 0 Å². The Balaban J connectivity index is 3.44. The topological polar surface area (TPSA) is 46.2 Å². The first-order chi connectivity index (χ1) is 4.70. The molecule has 0 amide bonds. The van der Waals surface area contributed by atoms with Gasteiger partial charge in [0.1, 0.15) is 12.1 Å². The lowest BCUT2D eigenvalue weighted by Crippen LogP contribution is -2.28. The maximum Gasteiger partial charge on any atom is 0.178 e. The molecule has 0 fully saturated rings. The molecule has 0 heterocycles. The van der Waals surface area contributed by atoms with Crippen LogP contribution in [0.1, 0.15) is 19.8 Å². The maximum absolute atomic E-state index is 10.4. The zero-order chi connectivity index (χ0) is 7.98. The van der Waals surface area contributed by atoms with Gasteiger partial charge in [-0.05, 0) is 13.3 Å². The van der Waals surface area contributed by atoms with Gasteiger partial charge in [-0.3, -0.25) is 0 Å². The van der Waals surface area contributed by atoms with E-state index in [-0.39, 0.29) is 11.8 Å². The van der Waals surface area contributed by atoms with Crippen molar-refractivity contribution in [2.45, 2.75) is 25.8 Å². The Morgan fingerprint density at radius 2 is 2.40 bits per heavy atom. The summed E-state index contributed by atoms with van der Waals surface area (Å²) in [6.45, 7) is 1.48. The van der Waals surface area contributed by atoms with Crippen molar-refractivity contribution in [3.8, 4) is 0 Å². The lowest BCUT2D eigenvalue weighted by Gasteiger charge is -2.05. The van der Waals surface area contributed by atoms with Crippen molar-refractivity contribution >= 4 is 20.1 Å². The molecule has 1 N–H and O–H groups in total. The normalized spacial score (nSPS) is 12.5. The fourth-order valence-corrected chi connectivity index (χ4v) is 0.549. The van der Waals surface area contributed by atoms with Crippen molar-refractivity contribution in [2.75, 3.05) is 0 Å². The number of rotatable bonds is 5. The highest BCUT2D eigenvalue weighted by atomic mass is 16.1. The van der Waals surface area contributed by atoms with Gasteiger partial charge in [0.2, 0.25) is 0 Å². The van der Waals surface area contributed by atoms with Crippen LogP contribution in [0.2, 0.25) is 0 Å². The minimum Gasteiger partial charge on any atom is -0.358 e. The number of nitrogens with one attached hydrogen (secondary N) is 1. The number of aldehydes is 1. The Morgan fingerprint density at radius 1 is 1.80 bits per heavy atom. The second-order valence-corrected chi connectivity index (χ2v) is 2.15. The summed E-state index contributed by atoms with van der Waals surface area (Å²) in [6, 6.07) is -0.385. The van der Waals surface area contributed by atoms with Crippen molar-refractivity contribution in [3.05, 3.63) is 0 Å². The van der Waals surface area contributed by atoms with Crippen LogP contribution < -0.4 is 5.23 Å². The third kappa shape index (κ3) is 4.26. The van der Waals surface area contributed by atoms with E-state index in [0.717, 1.165) is 0 Å². The number of carbonyl (C=O) groups is 2. The SMILES string of the molecule is [B]N[C@H](C=O)CCC(C)=O. The van der Waals surface area contributed by atoms with Crippen molar-refractivity contribution in [1.82, 2.24) is 5.23 Å². The minimum absolute atomic E-state index is 0.0714. The first-order valence-electron chi connectivity index (χ1n) is 3.11. The number of Topliss-reactive ketones (excluding diaryl/α,β-unsaturated/α-hetero) is 1. The Bertz CT molecular complexity index is 127. The van der Waals surface area contributed by atoms with Gasteiger partial charge in [0, 0.05) is 6.42 Å². The monoisotopic (exact) mass is 139 g/mol. The van der Waals surface area contributed by atoms with E-state index >= 15 is 0 Å². The van der Waals surface area contributed by atoms with E-state index in [2.05, 4.69) is 5.23 Å². The number of ketones is 1. The van der Waals surface area contributed by atoms with Gasteiger partial charge in [0.15, 0.2) is 7.98 Å². The van der Waals surface area contributed by atoms with E-state index < -0.39 is 0 Å². The molecule has 4 heteroatoms. The summed E-state index contributed by atoms with van der Waals surface area (Å²) < 4.78 is 0. The van der Waals surface area contributed by atoms with Crippen LogP contribution >= 0.6 is 0 Å². The van der Waals surface area contributed by atoms with E-state index in [1.165, 1.54) is 6.92 Å². The fraction of sp³-hybridized carbons (Fsp3) is 0.667. The minimum atomic E-state index is -0.385. The number of hydrogen-bond acceptors (Lipinski definition) is 3. The van der Waals surface area contributed by atoms with Gasteiger partial charge < -0.3 is 14.8 Å². The summed E-state index contributed by atoms with van der Waals surface area (Å²) in [5, 5.41) is 2.29. The number of hydrogen-bond donors (Lipinski definition) is 1. The second kappa shape index (κ2) is 5.17. The highest BCUT2D eigenvalue weighted by Gasteiger charge is 2.03. The van der Waals surface area contributed by atoms with Gasteiger partial charge in [-0.15, -0.1) is 0 Å². The Kier molecular flexibility index (Phi) is 4.85. The molecule has 0 aromatic heterocycles. The molecule has 0 spiro atoms. The first-order valence-corrected chi connectivity index (χ1v) is 3.11. The average molecular weight is 139 g/mol. The largest absolute Gasteiger partial charge is 0.358 e. The van der Waals surface area contributed by atoms with Crippen LogP contribution in [-0.4, -0.2) is 26.1 Å². The molecule has 3 nitrogen and oxygen atoms in total. The third-order valence-corrected chi connectivity index (χ3v) is 1.19. The second-order valence-electron chi connectivity index (χ2n) is 2.15. The van der Waals surface area contributed by atoms with Crippen LogP contribution in [0.5, 0.6) is 0 Å². The van der Waals surface area contributed by atoms with Gasteiger partial charge in [-0.1, -0.05) is 0 Å². The molecule has 0 rings (SSSR count). The zero-order valence-corrected chi connectivity index (χ0v) is 5.96. The molecule has 0 aliphatic rings. The van der Waals surface area contributed by atoms with Crippen molar-refractivity contribution in [3.63, 3.8) is 0 Å². The summed E-state index contributed by atoms with van der Waals surface area (Å²) >= 11 is 0. The Morgan fingerprint density at radius 3 is 2.70 bits per heavy atom. The van der Waals surface area contributed by atoms with Crippen LogP contribution in [-0.2, 0) is 9.59 Å². The average Bonchev–Trinajstić information content (AvgIpc) is 1.90. The van der Waals surface area contributed by atoms with Crippen LogP contribution in [0.25, 0.3) is 0 Å². The molecule has 0 saturated heterocycles. The predicted octanol–water partition coefficient (Wildman–Crippen LogP) is -0.404. The predicted molar refractivity (Wildman–Crippen MR) is 38.7 cm³/mol. The maximum atomic E-state index is 10.4. The smallest absolute Gasteiger partial charge is 0.178 e. The third-order valence-electron chi connectivity index (χ3n) is 1.19. The first kappa shape index (κ1) is 9.36. The zero-order valence-electron chi connectivity index (χ0n) is 5.96. The van der Waals surface area contributed by atoms with E-state index in [4.69, 9.17) is 7.98 Å². The van der Waals surface area contributed by atoms with E-state index in [1.54, 1.807) is 0 Å².